The first kappa shape index (κ1) is 56.1. The molecular weight excluding hydrogens is 733 g/mol. The number of carbonyl (C=O) groups is 3. The Morgan fingerprint density at radius 3 is 1.03 bits per heavy atom. The fourth-order valence-corrected chi connectivity index (χ4v) is 6.83. The minimum atomic E-state index is -0.791. The van der Waals surface area contributed by atoms with Crippen molar-refractivity contribution in [3.8, 4) is 0 Å². The summed E-state index contributed by atoms with van der Waals surface area (Å²) in [6.45, 7) is 6.47. The van der Waals surface area contributed by atoms with Crippen LogP contribution in [0.1, 0.15) is 239 Å². The van der Waals surface area contributed by atoms with Crippen molar-refractivity contribution in [3.05, 3.63) is 60.8 Å². The predicted octanol–water partition coefficient (Wildman–Crippen LogP) is 16.1. The summed E-state index contributed by atoms with van der Waals surface area (Å²) in [5.74, 6) is -0.946. The number of hydrogen-bond donors (Lipinski definition) is 0. The molecule has 0 fully saturated rings. The summed E-state index contributed by atoms with van der Waals surface area (Å²) < 4.78 is 16.7. The fraction of sp³-hybridized carbons (Fsp3) is 0.755. The maximum atomic E-state index is 12.8. The molecule has 0 bridgehead atoms. The molecule has 340 valence electrons. The summed E-state index contributed by atoms with van der Waals surface area (Å²) in [6, 6.07) is 0. The zero-order valence-corrected chi connectivity index (χ0v) is 38.8. The molecule has 0 aliphatic rings. The molecule has 1 atom stereocenters. The average Bonchev–Trinajstić information content (AvgIpc) is 3.23. The van der Waals surface area contributed by atoms with E-state index >= 15 is 0 Å². The van der Waals surface area contributed by atoms with Crippen LogP contribution in [0.15, 0.2) is 60.8 Å². The van der Waals surface area contributed by atoms with Crippen LogP contribution in [0.25, 0.3) is 0 Å². The lowest BCUT2D eigenvalue weighted by Gasteiger charge is -2.18. The van der Waals surface area contributed by atoms with Crippen molar-refractivity contribution >= 4 is 17.9 Å². The molecule has 0 amide bonds. The third kappa shape index (κ3) is 46.0. The minimum Gasteiger partial charge on any atom is -0.462 e. The molecular formula is C53H92O6. The molecule has 0 aliphatic carbocycles. The number of esters is 3. The molecule has 59 heavy (non-hydrogen) atoms. The minimum absolute atomic E-state index is 0.0888. The second-order valence-electron chi connectivity index (χ2n) is 16.4. The van der Waals surface area contributed by atoms with E-state index < -0.39 is 6.10 Å². The van der Waals surface area contributed by atoms with Gasteiger partial charge in [-0.25, -0.2) is 0 Å². The highest BCUT2D eigenvalue weighted by Crippen LogP contribution is 2.15. The summed E-state index contributed by atoms with van der Waals surface area (Å²) in [4.78, 5) is 37.8. The van der Waals surface area contributed by atoms with E-state index in [2.05, 4.69) is 81.5 Å². The largest absolute Gasteiger partial charge is 0.462 e. The van der Waals surface area contributed by atoms with Crippen molar-refractivity contribution in [3.63, 3.8) is 0 Å². The topological polar surface area (TPSA) is 78.9 Å². The van der Waals surface area contributed by atoms with Gasteiger partial charge in [-0.05, 0) is 57.8 Å². The van der Waals surface area contributed by atoms with E-state index in [1.54, 1.807) is 0 Å². The SMILES string of the molecule is CC/C=C\C/C=C\C/C=C\C/C=C\C/C=C\CCCC(=O)OC[C@H](COC(=O)CCCCCCCCCCCCC)OC(=O)CCCCCCCCCCCCCCC. The number of ether oxygens (including phenoxy) is 3. The van der Waals surface area contributed by atoms with Gasteiger partial charge >= 0.3 is 17.9 Å². The molecule has 0 saturated heterocycles. The van der Waals surface area contributed by atoms with E-state index in [1.165, 1.54) is 116 Å². The van der Waals surface area contributed by atoms with E-state index in [4.69, 9.17) is 14.2 Å². The Morgan fingerprint density at radius 1 is 0.356 bits per heavy atom. The van der Waals surface area contributed by atoms with Crippen molar-refractivity contribution in [2.45, 2.75) is 245 Å². The van der Waals surface area contributed by atoms with Crippen LogP contribution in [0.5, 0.6) is 0 Å². The molecule has 0 aromatic rings. The van der Waals surface area contributed by atoms with Gasteiger partial charge < -0.3 is 14.2 Å². The van der Waals surface area contributed by atoms with E-state index in [9.17, 15) is 14.4 Å². The number of rotatable bonds is 44. The molecule has 0 aliphatic heterocycles. The number of allylic oxidation sites excluding steroid dienone is 10. The smallest absolute Gasteiger partial charge is 0.306 e. The van der Waals surface area contributed by atoms with Gasteiger partial charge in [-0.15, -0.1) is 0 Å². The molecule has 0 unspecified atom stereocenters. The Balaban J connectivity index is 4.44. The Kier molecular flexibility index (Phi) is 45.4. The van der Waals surface area contributed by atoms with E-state index in [1.807, 2.05) is 0 Å². The second kappa shape index (κ2) is 47.8. The van der Waals surface area contributed by atoms with Crippen molar-refractivity contribution in [2.24, 2.45) is 0 Å². The molecule has 0 aromatic heterocycles. The van der Waals surface area contributed by atoms with Crippen LogP contribution in [0.4, 0.5) is 0 Å². The van der Waals surface area contributed by atoms with E-state index in [-0.39, 0.29) is 37.5 Å². The molecule has 0 N–H and O–H groups in total. The van der Waals surface area contributed by atoms with Crippen LogP contribution in [0.3, 0.4) is 0 Å². The standard InChI is InChI=1S/C53H92O6/c1-4-7-10-13-16-19-22-24-25-26-27-29-31-34-37-40-43-46-52(55)58-49-50(48-57-51(54)45-42-39-36-33-30-21-18-15-12-9-6-3)59-53(56)47-44-41-38-35-32-28-23-20-17-14-11-8-5-2/h7,10,16,19,24-25,27,29,34,37,50H,4-6,8-9,11-15,17-18,20-23,26,28,30-33,35-36,38-49H2,1-3H3/b10-7-,19-16-,25-24-,29-27-,37-34-/t50-/m0/s1. The first-order valence-corrected chi connectivity index (χ1v) is 24.8. The third-order valence-corrected chi connectivity index (χ3v) is 10.5. The zero-order chi connectivity index (χ0) is 43.0. The molecule has 0 saturated carbocycles. The molecule has 6 heteroatoms. The molecule has 0 rings (SSSR count). The number of carbonyl (C=O) groups excluding carboxylic acids is 3. The predicted molar refractivity (Wildman–Crippen MR) is 251 cm³/mol. The van der Waals surface area contributed by atoms with Gasteiger partial charge in [0.1, 0.15) is 13.2 Å². The quantitative estimate of drug-likeness (QED) is 0.0263. The fourth-order valence-electron chi connectivity index (χ4n) is 6.83. The highest BCUT2D eigenvalue weighted by Gasteiger charge is 2.19. The highest BCUT2D eigenvalue weighted by molar-refractivity contribution is 5.71. The van der Waals surface area contributed by atoms with Gasteiger partial charge in [0.05, 0.1) is 0 Å². The molecule has 6 nitrogen and oxygen atoms in total. The van der Waals surface area contributed by atoms with Crippen molar-refractivity contribution in [2.75, 3.05) is 13.2 Å². The van der Waals surface area contributed by atoms with Gasteiger partial charge in [-0.3, -0.25) is 14.4 Å². The lowest BCUT2D eigenvalue weighted by molar-refractivity contribution is -0.167. The van der Waals surface area contributed by atoms with Crippen molar-refractivity contribution in [1.82, 2.24) is 0 Å². The van der Waals surface area contributed by atoms with Gasteiger partial charge in [-0.2, -0.15) is 0 Å². The maximum absolute atomic E-state index is 12.8. The Bertz CT molecular complexity index is 1090. The summed E-state index contributed by atoms with van der Waals surface area (Å²) in [5, 5.41) is 0. The summed E-state index contributed by atoms with van der Waals surface area (Å²) in [7, 11) is 0. The van der Waals surface area contributed by atoms with Crippen LogP contribution in [-0.4, -0.2) is 37.2 Å². The summed E-state index contributed by atoms with van der Waals surface area (Å²) in [6.07, 6.45) is 57.8. The summed E-state index contributed by atoms with van der Waals surface area (Å²) >= 11 is 0. The Labute approximate surface area is 364 Å². The van der Waals surface area contributed by atoms with Gasteiger partial charge in [-0.1, -0.05) is 223 Å². The van der Waals surface area contributed by atoms with Crippen LogP contribution >= 0.6 is 0 Å². The van der Waals surface area contributed by atoms with Crippen LogP contribution in [0, 0.1) is 0 Å². The first-order valence-electron chi connectivity index (χ1n) is 24.8. The van der Waals surface area contributed by atoms with Crippen molar-refractivity contribution in [1.29, 1.82) is 0 Å². The van der Waals surface area contributed by atoms with Crippen LogP contribution in [0.2, 0.25) is 0 Å². The maximum Gasteiger partial charge on any atom is 0.306 e. The molecule has 0 radical (unpaired) electrons. The number of hydrogen-bond acceptors (Lipinski definition) is 6. The van der Waals surface area contributed by atoms with E-state index in [0.29, 0.717) is 19.3 Å². The highest BCUT2D eigenvalue weighted by atomic mass is 16.6. The zero-order valence-electron chi connectivity index (χ0n) is 38.8. The first-order chi connectivity index (χ1) is 29.0. The Hall–Kier alpha value is -2.89. The molecule has 0 spiro atoms. The molecule has 0 aromatic carbocycles. The van der Waals surface area contributed by atoms with Gasteiger partial charge in [0, 0.05) is 19.3 Å². The number of unbranched alkanes of at least 4 members (excludes halogenated alkanes) is 23. The lowest BCUT2D eigenvalue weighted by Crippen LogP contribution is -2.30. The van der Waals surface area contributed by atoms with Crippen LogP contribution < -0.4 is 0 Å². The van der Waals surface area contributed by atoms with Crippen LogP contribution in [-0.2, 0) is 28.6 Å². The second-order valence-corrected chi connectivity index (χ2v) is 16.4. The third-order valence-electron chi connectivity index (χ3n) is 10.5. The van der Waals surface area contributed by atoms with Gasteiger partial charge in [0.2, 0.25) is 0 Å². The molecule has 0 heterocycles. The Morgan fingerprint density at radius 2 is 0.661 bits per heavy atom. The van der Waals surface area contributed by atoms with E-state index in [0.717, 1.165) is 77.0 Å². The van der Waals surface area contributed by atoms with Gasteiger partial charge in [0.25, 0.3) is 0 Å². The average molecular weight is 825 g/mol. The summed E-state index contributed by atoms with van der Waals surface area (Å²) in [5.41, 5.74) is 0. The monoisotopic (exact) mass is 825 g/mol. The lowest BCUT2D eigenvalue weighted by atomic mass is 10.0. The normalized spacial score (nSPS) is 12.5. The van der Waals surface area contributed by atoms with Crippen molar-refractivity contribution < 1.29 is 28.6 Å². The van der Waals surface area contributed by atoms with Gasteiger partial charge in [0.15, 0.2) is 6.10 Å².